The van der Waals surface area contributed by atoms with Gasteiger partial charge >= 0.3 is 12.0 Å². The molecular weight excluding hydrogens is 341 g/mol. The van der Waals surface area contributed by atoms with Crippen LogP contribution in [0.4, 0.5) is 9.18 Å². The van der Waals surface area contributed by atoms with Gasteiger partial charge < -0.3 is 20.8 Å². The number of hydrogen-bond donors (Lipinski definition) is 4. The number of rotatable bonds is 8. The molecule has 8 heteroatoms. The van der Waals surface area contributed by atoms with Gasteiger partial charge in [-0.05, 0) is 44.0 Å². The molecule has 26 heavy (non-hydrogen) atoms. The lowest BCUT2D eigenvalue weighted by atomic mass is 9.85. The van der Waals surface area contributed by atoms with Crippen molar-refractivity contribution >= 4 is 12.0 Å². The van der Waals surface area contributed by atoms with E-state index >= 15 is 0 Å². The van der Waals surface area contributed by atoms with Crippen molar-refractivity contribution in [1.82, 2.24) is 15.5 Å². The fourth-order valence-electron chi connectivity index (χ4n) is 3.08. The number of urea groups is 1. The number of carboxylic acids is 1. The van der Waals surface area contributed by atoms with Crippen molar-refractivity contribution in [1.29, 1.82) is 0 Å². The zero-order valence-electron chi connectivity index (χ0n) is 15.0. The summed E-state index contributed by atoms with van der Waals surface area (Å²) in [6.45, 7) is 4.09. The summed E-state index contributed by atoms with van der Waals surface area (Å²) in [5, 5.41) is 24.8. The molecule has 2 amide bonds. The molecule has 0 radical (unpaired) electrons. The summed E-state index contributed by atoms with van der Waals surface area (Å²) in [4.78, 5) is 24.7. The zero-order valence-corrected chi connectivity index (χ0v) is 15.0. The highest BCUT2D eigenvalue weighted by atomic mass is 19.1. The number of halogens is 1. The van der Waals surface area contributed by atoms with Gasteiger partial charge in [-0.2, -0.15) is 0 Å². The first-order chi connectivity index (χ1) is 12.2. The smallest absolute Gasteiger partial charge is 0.317 e. The number of carbonyl (C=O) groups is 2. The number of hydrogen-bond acceptors (Lipinski definition) is 4. The summed E-state index contributed by atoms with van der Waals surface area (Å²) in [7, 11) is 0. The Bertz CT molecular complexity index is 630. The van der Waals surface area contributed by atoms with Crippen LogP contribution in [0, 0.1) is 5.82 Å². The van der Waals surface area contributed by atoms with Gasteiger partial charge in [0.1, 0.15) is 11.4 Å². The normalized spacial score (nSPS) is 21.6. The predicted molar refractivity (Wildman–Crippen MR) is 94.2 cm³/mol. The van der Waals surface area contributed by atoms with Crippen molar-refractivity contribution in [2.45, 2.75) is 44.4 Å². The van der Waals surface area contributed by atoms with Crippen LogP contribution in [0.15, 0.2) is 24.3 Å². The number of carbonyl (C=O) groups excluding carboxylic acids is 1. The summed E-state index contributed by atoms with van der Waals surface area (Å²) in [6.07, 6.45) is 1.39. The first-order valence-electron chi connectivity index (χ1n) is 8.70. The lowest BCUT2D eigenvalue weighted by molar-refractivity contribution is -0.139. The number of nitrogens with one attached hydrogen (secondary N) is 2. The van der Waals surface area contributed by atoms with Crippen LogP contribution in [-0.2, 0) is 10.4 Å². The van der Waals surface area contributed by atoms with Crippen LogP contribution in [0.25, 0.3) is 0 Å². The Morgan fingerprint density at radius 1 is 1.31 bits per heavy atom. The molecule has 1 aromatic rings. The lowest BCUT2D eigenvalue weighted by Gasteiger charge is -2.42. The highest BCUT2D eigenvalue weighted by molar-refractivity contribution is 5.74. The van der Waals surface area contributed by atoms with Crippen LogP contribution in [0.1, 0.15) is 32.3 Å². The topological polar surface area (TPSA) is 102 Å². The summed E-state index contributed by atoms with van der Waals surface area (Å²) < 4.78 is 13.0. The highest BCUT2D eigenvalue weighted by Crippen LogP contribution is 2.25. The monoisotopic (exact) mass is 367 g/mol. The molecule has 2 rings (SSSR count). The second-order valence-corrected chi connectivity index (χ2v) is 6.89. The van der Waals surface area contributed by atoms with E-state index in [-0.39, 0.29) is 31.0 Å². The number of likely N-dealkylation sites (N-methyl/N-ethyl adjacent to an activating group) is 1. The van der Waals surface area contributed by atoms with Crippen molar-refractivity contribution in [2.75, 3.05) is 19.6 Å². The number of aliphatic carboxylic acids is 1. The SMILES string of the molecule is CCN(CC(=O)O)C1CC(NC(=O)NCC(C)(O)c2ccc(F)cc2)C1. The van der Waals surface area contributed by atoms with Crippen LogP contribution in [-0.4, -0.2) is 58.8 Å². The van der Waals surface area contributed by atoms with Gasteiger partial charge in [-0.1, -0.05) is 19.1 Å². The molecule has 7 nitrogen and oxygen atoms in total. The fraction of sp³-hybridized carbons (Fsp3) is 0.556. The molecule has 0 bridgehead atoms. The molecule has 0 heterocycles. The predicted octanol–water partition coefficient (Wildman–Crippen LogP) is 1.27. The van der Waals surface area contributed by atoms with Gasteiger partial charge in [-0.25, -0.2) is 9.18 Å². The molecule has 4 N–H and O–H groups in total. The molecule has 0 spiro atoms. The summed E-state index contributed by atoms with van der Waals surface area (Å²) in [6, 6.07) is 5.23. The number of amides is 2. The molecule has 1 unspecified atom stereocenters. The van der Waals surface area contributed by atoms with Gasteiger partial charge in [-0.15, -0.1) is 0 Å². The Hall–Kier alpha value is -2.19. The van der Waals surface area contributed by atoms with Gasteiger partial charge in [0.25, 0.3) is 0 Å². The van der Waals surface area contributed by atoms with E-state index in [4.69, 9.17) is 5.11 Å². The first kappa shape index (κ1) is 20.1. The van der Waals surface area contributed by atoms with E-state index in [1.165, 1.54) is 24.3 Å². The minimum atomic E-state index is -1.31. The van der Waals surface area contributed by atoms with Crippen LogP contribution in [0.2, 0.25) is 0 Å². The maximum atomic E-state index is 13.0. The second-order valence-electron chi connectivity index (χ2n) is 6.89. The third kappa shape index (κ3) is 5.40. The molecule has 144 valence electrons. The minimum absolute atomic E-state index is 0.000615. The van der Waals surface area contributed by atoms with Gasteiger partial charge in [0.05, 0.1) is 13.1 Å². The van der Waals surface area contributed by atoms with Gasteiger partial charge in [0.2, 0.25) is 0 Å². The number of benzene rings is 1. The van der Waals surface area contributed by atoms with Crippen LogP contribution in [0.3, 0.4) is 0 Å². The highest BCUT2D eigenvalue weighted by Gasteiger charge is 2.35. The molecule has 1 aliphatic rings. The first-order valence-corrected chi connectivity index (χ1v) is 8.70. The Morgan fingerprint density at radius 2 is 1.92 bits per heavy atom. The molecule has 1 fully saturated rings. The van der Waals surface area contributed by atoms with Gasteiger partial charge in [0, 0.05) is 12.1 Å². The van der Waals surface area contributed by atoms with E-state index in [1.54, 1.807) is 6.92 Å². The van der Waals surface area contributed by atoms with Crippen LogP contribution < -0.4 is 10.6 Å². The summed E-state index contributed by atoms with van der Waals surface area (Å²) >= 11 is 0. The minimum Gasteiger partial charge on any atom is -0.480 e. The number of aliphatic hydroxyl groups is 1. The number of carboxylic acid groups (broad SMARTS) is 1. The summed E-state index contributed by atoms with van der Waals surface area (Å²) in [5.41, 5.74) is -0.802. The van der Waals surface area contributed by atoms with Gasteiger partial charge in [-0.3, -0.25) is 9.69 Å². The Labute approximate surface area is 152 Å². The van der Waals surface area contributed by atoms with E-state index in [9.17, 15) is 19.1 Å². The lowest BCUT2D eigenvalue weighted by Crippen LogP contribution is -2.57. The Balaban J connectivity index is 1.74. The molecule has 1 aliphatic carbocycles. The van der Waals surface area contributed by atoms with Crippen molar-refractivity contribution in [3.63, 3.8) is 0 Å². The molecule has 0 aromatic heterocycles. The van der Waals surface area contributed by atoms with Gasteiger partial charge in [0.15, 0.2) is 0 Å². The number of nitrogens with zero attached hydrogens (tertiary/aromatic N) is 1. The van der Waals surface area contributed by atoms with E-state index in [2.05, 4.69) is 10.6 Å². The third-order valence-electron chi connectivity index (χ3n) is 4.77. The average molecular weight is 367 g/mol. The molecule has 1 atom stereocenters. The Kier molecular flexibility index (Phi) is 6.55. The molecule has 1 aromatic carbocycles. The van der Waals surface area contributed by atoms with E-state index in [0.717, 1.165) is 0 Å². The second kappa shape index (κ2) is 8.46. The Morgan fingerprint density at radius 3 is 2.46 bits per heavy atom. The molecule has 0 saturated heterocycles. The average Bonchev–Trinajstić information content (AvgIpc) is 2.54. The van der Waals surface area contributed by atoms with E-state index in [0.29, 0.717) is 24.9 Å². The van der Waals surface area contributed by atoms with E-state index in [1.807, 2.05) is 11.8 Å². The quantitative estimate of drug-likeness (QED) is 0.554. The van der Waals surface area contributed by atoms with Crippen molar-refractivity contribution in [3.05, 3.63) is 35.6 Å². The summed E-state index contributed by atoms with van der Waals surface area (Å²) in [5.74, 6) is -1.25. The largest absolute Gasteiger partial charge is 0.480 e. The molecule has 0 aliphatic heterocycles. The zero-order chi connectivity index (χ0) is 19.3. The maximum absolute atomic E-state index is 13.0. The maximum Gasteiger partial charge on any atom is 0.317 e. The molecular formula is C18H26FN3O4. The van der Waals surface area contributed by atoms with Crippen molar-refractivity contribution in [2.24, 2.45) is 0 Å². The van der Waals surface area contributed by atoms with Crippen LogP contribution in [0.5, 0.6) is 0 Å². The van der Waals surface area contributed by atoms with Crippen molar-refractivity contribution < 1.29 is 24.2 Å². The fourth-order valence-corrected chi connectivity index (χ4v) is 3.08. The molecule has 1 saturated carbocycles. The third-order valence-corrected chi connectivity index (χ3v) is 4.77. The standard InChI is InChI=1S/C18H26FN3O4/c1-3-22(10-16(23)24)15-8-14(9-15)21-17(25)20-11-18(2,26)12-4-6-13(19)7-5-12/h4-7,14-15,26H,3,8-11H2,1-2H3,(H,23,24)(H2,20,21,25). The van der Waals surface area contributed by atoms with Crippen molar-refractivity contribution in [3.8, 4) is 0 Å². The van der Waals surface area contributed by atoms with Crippen LogP contribution >= 0.6 is 0 Å². The van der Waals surface area contributed by atoms with E-state index < -0.39 is 17.6 Å².